The van der Waals surface area contributed by atoms with Gasteiger partial charge in [0.1, 0.15) is 0 Å². The van der Waals surface area contributed by atoms with E-state index in [1.807, 2.05) is 24.5 Å². The van der Waals surface area contributed by atoms with Gasteiger partial charge in [-0.3, -0.25) is 0 Å². The molecule has 2 rings (SSSR count). The van der Waals surface area contributed by atoms with E-state index in [1.54, 1.807) is 0 Å². The van der Waals surface area contributed by atoms with Gasteiger partial charge in [-0.05, 0) is 36.6 Å². The molecule has 0 atom stereocenters. The van der Waals surface area contributed by atoms with Gasteiger partial charge < -0.3 is 10.0 Å². The normalized spacial score (nSPS) is 18.4. The smallest absolute Gasteiger partial charge is 0.338 e. The highest BCUT2D eigenvalue weighted by Gasteiger charge is 2.28. The lowest BCUT2D eigenvalue weighted by molar-refractivity contribution is 0.0693. The molecule has 1 aromatic carbocycles. The van der Waals surface area contributed by atoms with Crippen molar-refractivity contribution in [1.82, 2.24) is 0 Å². The maximum absolute atomic E-state index is 11.5. The minimum absolute atomic E-state index is 0.372. The van der Waals surface area contributed by atoms with Crippen LogP contribution in [0.3, 0.4) is 0 Å². The van der Waals surface area contributed by atoms with Gasteiger partial charge in [0.25, 0.3) is 0 Å². The molecule has 0 amide bonds. The third-order valence-electron chi connectivity index (χ3n) is 3.90. The van der Waals surface area contributed by atoms with Gasteiger partial charge in [0, 0.05) is 18.0 Å². The van der Waals surface area contributed by atoms with Crippen LogP contribution in [0, 0.1) is 5.41 Å². The molecule has 104 valence electrons. The van der Waals surface area contributed by atoms with Gasteiger partial charge in [-0.15, -0.1) is 11.8 Å². The summed E-state index contributed by atoms with van der Waals surface area (Å²) < 4.78 is 0. The highest BCUT2D eigenvalue weighted by molar-refractivity contribution is 7.98. The molecule has 0 bridgehead atoms. The van der Waals surface area contributed by atoms with Crippen molar-refractivity contribution < 1.29 is 9.90 Å². The van der Waals surface area contributed by atoms with E-state index in [0.717, 1.165) is 36.5 Å². The van der Waals surface area contributed by atoms with E-state index in [9.17, 15) is 9.90 Å². The minimum atomic E-state index is -0.829. The van der Waals surface area contributed by atoms with E-state index in [2.05, 4.69) is 18.7 Å². The first-order chi connectivity index (χ1) is 8.94. The number of carboxylic acids is 1. The number of nitrogens with zero attached hydrogens (tertiary/aromatic N) is 1. The number of piperidine rings is 1. The summed E-state index contributed by atoms with van der Waals surface area (Å²) in [5.41, 5.74) is 1.70. The van der Waals surface area contributed by atoms with E-state index < -0.39 is 5.97 Å². The molecule has 19 heavy (non-hydrogen) atoms. The second kappa shape index (κ2) is 5.45. The van der Waals surface area contributed by atoms with Crippen molar-refractivity contribution in [1.29, 1.82) is 0 Å². The molecule has 1 fully saturated rings. The fourth-order valence-electron chi connectivity index (χ4n) is 2.52. The van der Waals surface area contributed by atoms with Gasteiger partial charge in [0.2, 0.25) is 0 Å². The van der Waals surface area contributed by atoms with Crippen LogP contribution >= 0.6 is 11.8 Å². The highest BCUT2D eigenvalue weighted by atomic mass is 32.2. The van der Waals surface area contributed by atoms with Gasteiger partial charge in [0.05, 0.1) is 11.3 Å². The topological polar surface area (TPSA) is 40.5 Å². The van der Waals surface area contributed by atoms with E-state index in [1.165, 1.54) is 11.8 Å². The molecule has 1 N–H and O–H groups in total. The van der Waals surface area contributed by atoms with Crippen LogP contribution in [0.1, 0.15) is 37.0 Å². The van der Waals surface area contributed by atoms with Crippen LogP contribution in [0.5, 0.6) is 0 Å². The van der Waals surface area contributed by atoms with Crippen molar-refractivity contribution >= 4 is 23.4 Å². The van der Waals surface area contributed by atoms with Crippen molar-refractivity contribution in [3.05, 3.63) is 23.8 Å². The average Bonchev–Trinajstić information content (AvgIpc) is 2.37. The highest BCUT2D eigenvalue weighted by Crippen LogP contribution is 2.35. The number of hydrogen-bond acceptors (Lipinski definition) is 3. The maximum atomic E-state index is 11.5. The lowest BCUT2D eigenvalue weighted by atomic mass is 9.82. The Bertz CT molecular complexity index is 475. The molecule has 3 nitrogen and oxygen atoms in total. The average molecular weight is 279 g/mol. The molecule has 1 aliphatic rings. The van der Waals surface area contributed by atoms with Crippen LogP contribution in [-0.2, 0) is 0 Å². The SMILES string of the molecule is CSc1cccc(N2CCC(C)(C)CC2)c1C(=O)O. The van der Waals surface area contributed by atoms with E-state index in [4.69, 9.17) is 0 Å². The van der Waals surface area contributed by atoms with Crippen LogP contribution in [0.15, 0.2) is 23.1 Å². The fourth-order valence-corrected chi connectivity index (χ4v) is 3.13. The monoisotopic (exact) mass is 279 g/mol. The zero-order valence-electron chi connectivity index (χ0n) is 11.8. The van der Waals surface area contributed by atoms with Crippen LogP contribution in [0.2, 0.25) is 0 Å². The summed E-state index contributed by atoms with van der Waals surface area (Å²) in [5, 5.41) is 9.47. The Hall–Kier alpha value is -1.16. The van der Waals surface area contributed by atoms with Crippen molar-refractivity contribution in [3.63, 3.8) is 0 Å². The quantitative estimate of drug-likeness (QED) is 0.856. The Morgan fingerprint density at radius 3 is 2.47 bits per heavy atom. The van der Waals surface area contributed by atoms with Gasteiger partial charge in [-0.25, -0.2) is 4.79 Å². The lowest BCUT2D eigenvalue weighted by Crippen LogP contribution is -2.38. The molecule has 0 aliphatic carbocycles. The number of aromatic carboxylic acids is 1. The third kappa shape index (κ3) is 3.06. The Kier molecular flexibility index (Phi) is 4.09. The standard InChI is InChI=1S/C15H21NO2S/c1-15(2)7-9-16(10-8-15)11-5-4-6-12(19-3)13(11)14(17)18/h4-6H,7-10H2,1-3H3,(H,17,18). The van der Waals surface area contributed by atoms with Crippen LogP contribution < -0.4 is 4.90 Å². The van der Waals surface area contributed by atoms with Crippen LogP contribution in [0.25, 0.3) is 0 Å². The van der Waals surface area contributed by atoms with Crippen LogP contribution in [0.4, 0.5) is 5.69 Å². The fraction of sp³-hybridized carbons (Fsp3) is 0.533. The van der Waals surface area contributed by atoms with E-state index in [-0.39, 0.29) is 0 Å². The zero-order valence-corrected chi connectivity index (χ0v) is 12.6. The molecule has 0 unspecified atom stereocenters. The van der Waals surface area contributed by atoms with Crippen molar-refractivity contribution in [2.75, 3.05) is 24.2 Å². The number of thioether (sulfide) groups is 1. The van der Waals surface area contributed by atoms with Gasteiger partial charge in [0.15, 0.2) is 0 Å². The molecule has 1 aliphatic heterocycles. The van der Waals surface area contributed by atoms with Gasteiger partial charge in [-0.2, -0.15) is 0 Å². The molecule has 0 radical (unpaired) electrons. The number of anilines is 1. The molecule has 0 saturated carbocycles. The number of hydrogen-bond donors (Lipinski definition) is 1. The molecule has 4 heteroatoms. The molecular weight excluding hydrogens is 258 g/mol. The largest absolute Gasteiger partial charge is 0.478 e. The Labute approximate surface area is 119 Å². The molecular formula is C15H21NO2S. The zero-order chi connectivity index (χ0) is 14.0. The lowest BCUT2D eigenvalue weighted by Gasteiger charge is -2.38. The van der Waals surface area contributed by atoms with E-state index in [0.29, 0.717) is 11.0 Å². The molecule has 1 saturated heterocycles. The summed E-state index contributed by atoms with van der Waals surface area (Å²) in [6, 6.07) is 5.76. The predicted octanol–water partition coefficient (Wildman–Crippen LogP) is 3.73. The summed E-state index contributed by atoms with van der Waals surface area (Å²) in [5.74, 6) is -0.829. The Balaban J connectivity index is 2.32. The second-order valence-corrected chi connectivity index (χ2v) is 6.66. The van der Waals surface area contributed by atoms with Crippen molar-refractivity contribution in [3.8, 4) is 0 Å². The molecule has 0 spiro atoms. The van der Waals surface area contributed by atoms with Crippen LogP contribution in [-0.4, -0.2) is 30.4 Å². The molecule has 0 aromatic heterocycles. The minimum Gasteiger partial charge on any atom is -0.478 e. The molecule has 1 heterocycles. The van der Waals surface area contributed by atoms with Crippen molar-refractivity contribution in [2.45, 2.75) is 31.6 Å². The summed E-state index contributed by atoms with van der Waals surface area (Å²) in [6.45, 7) is 6.43. The van der Waals surface area contributed by atoms with Crippen molar-refractivity contribution in [2.24, 2.45) is 5.41 Å². The number of rotatable bonds is 3. The maximum Gasteiger partial charge on any atom is 0.338 e. The molecule has 1 aromatic rings. The summed E-state index contributed by atoms with van der Waals surface area (Å²) in [7, 11) is 0. The first-order valence-electron chi connectivity index (χ1n) is 6.60. The van der Waals surface area contributed by atoms with Gasteiger partial charge in [-0.1, -0.05) is 19.9 Å². The van der Waals surface area contributed by atoms with E-state index >= 15 is 0 Å². The summed E-state index contributed by atoms with van der Waals surface area (Å²) in [4.78, 5) is 14.6. The number of carboxylic acid groups (broad SMARTS) is 1. The predicted molar refractivity (Wildman–Crippen MR) is 80.4 cm³/mol. The Morgan fingerprint density at radius 2 is 1.95 bits per heavy atom. The summed E-state index contributed by atoms with van der Waals surface area (Å²) in [6.07, 6.45) is 4.13. The van der Waals surface area contributed by atoms with Gasteiger partial charge >= 0.3 is 5.97 Å². The Morgan fingerprint density at radius 1 is 1.32 bits per heavy atom. The second-order valence-electron chi connectivity index (χ2n) is 5.81. The third-order valence-corrected chi connectivity index (χ3v) is 4.68. The summed E-state index contributed by atoms with van der Waals surface area (Å²) >= 11 is 1.49. The number of carbonyl (C=O) groups is 1. The number of benzene rings is 1. The first-order valence-corrected chi connectivity index (χ1v) is 7.82. The first kappa shape index (κ1) is 14.3.